The van der Waals surface area contributed by atoms with Crippen molar-refractivity contribution in [3.8, 4) is 0 Å². The number of hydrogen-bond acceptors (Lipinski definition) is 1. The first-order valence-corrected chi connectivity index (χ1v) is 9.07. The monoisotopic (exact) mass is 264 g/mol. The summed E-state index contributed by atoms with van der Waals surface area (Å²) < 4.78 is 5.46. The van der Waals surface area contributed by atoms with Crippen LogP contribution in [0.2, 0.25) is 0 Å². The maximum absolute atomic E-state index is 5.46. The van der Waals surface area contributed by atoms with E-state index >= 15 is 0 Å². The molecule has 2 fully saturated rings. The van der Waals surface area contributed by atoms with Crippen molar-refractivity contribution >= 4 is 10.9 Å². The summed E-state index contributed by atoms with van der Waals surface area (Å²) in [5, 5.41) is 0. The zero-order valence-electron chi connectivity index (χ0n) is 11.1. The SMILES string of the molecule is c1cc([SH]2CCOCC2)ccc1C1CCCCC1. The Bertz CT molecular complexity index is 324. The smallest absolute Gasteiger partial charge is 0.0543 e. The Hall–Kier alpha value is -0.470. The highest BCUT2D eigenvalue weighted by atomic mass is 32.2. The fourth-order valence-electron chi connectivity index (χ4n) is 3.21. The molecular weight excluding hydrogens is 240 g/mol. The first-order valence-electron chi connectivity index (χ1n) is 7.36. The summed E-state index contributed by atoms with van der Waals surface area (Å²) in [5.41, 5.74) is 1.58. The molecule has 1 aliphatic carbocycles. The van der Waals surface area contributed by atoms with Gasteiger partial charge in [-0.25, -0.2) is 10.9 Å². The van der Waals surface area contributed by atoms with Crippen molar-refractivity contribution < 1.29 is 4.74 Å². The molecule has 1 saturated heterocycles. The average Bonchev–Trinajstić information content (AvgIpc) is 2.49. The first-order chi connectivity index (χ1) is 8.93. The molecule has 0 unspecified atom stereocenters. The lowest BCUT2D eigenvalue weighted by atomic mass is 9.84. The summed E-state index contributed by atoms with van der Waals surface area (Å²) in [7, 11) is 0.0783. The van der Waals surface area contributed by atoms with Crippen LogP contribution in [0.5, 0.6) is 0 Å². The molecule has 1 aromatic rings. The van der Waals surface area contributed by atoms with Gasteiger partial charge in [-0.3, -0.25) is 0 Å². The van der Waals surface area contributed by atoms with Gasteiger partial charge in [0.15, 0.2) is 0 Å². The molecule has 0 N–H and O–H groups in total. The van der Waals surface area contributed by atoms with E-state index in [0.717, 1.165) is 19.1 Å². The van der Waals surface area contributed by atoms with Crippen LogP contribution in [0.25, 0.3) is 0 Å². The Kier molecular flexibility index (Phi) is 4.27. The highest BCUT2D eigenvalue weighted by Crippen LogP contribution is 2.39. The largest absolute Gasteiger partial charge is 0.380 e. The van der Waals surface area contributed by atoms with E-state index in [1.54, 1.807) is 10.5 Å². The van der Waals surface area contributed by atoms with Crippen LogP contribution in [0.3, 0.4) is 0 Å². The minimum atomic E-state index is 0.0783. The molecule has 1 nitrogen and oxygen atoms in total. The molecule has 100 valence electrons. The van der Waals surface area contributed by atoms with Gasteiger partial charge in [0.05, 0.1) is 13.2 Å². The summed E-state index contributed by atoms with van der Waals surface area (Å²) in [5.74, 6) is 3.37. The molecule has 1 saturated carbocycles. The number of rotatable bonds is 2. The predicted octanol–water partition coefficient (Wildman–Crippen LogP) is 4.12. The van der Waals surface area contributed by atoms with Gasteiger partial charge < -0.3 is 4.74 Å². The lowest BCUT2D eigenvalue weighted by Gasteiger charge is -2.27. The second-order valence-corrected chi connectivity index (χ2v) is 8.02. The van der Waals surface area contributed by atoms with Gasteiger partial charge in [-0.15, -0.1) is 0 Å². The van der Waals surface area contributed by atoms with Gasteiger partial charge in [-0.2, -0.15) is 0 Å². The van der Waals surface area contributed by atoms with E-state index < -0.39 is 0 Å². The molecule has 2 aliphatic rings. The first kappa shape index (κ1) is 12.6. The standard InChI is InChI=1S/C16H24OS/c1-2-4-14(5-3-1)15-6-8-16(9-7-15)18-12-10-17-11-13-18/h6-9,14,18H,1-5,10-13H2. The van der Waals surface area contributed by atoms with E-state index in [4.69, 9.17) is 4.74 Å². The second-order valence-electron chi connectivity index (χ2n) is 5.53. The zero-order valence-corrected chi connectivity index (χ0v) is 12.0. The van der Waals surface area contributed by atoms with Gasteiger partial charge in [0.1, 0.15) is 0 Å². The third kappa shape index (κ3) is 2.92. The topological polar surface area (TPSA) is 9.23 Å². The van der Waals surface area contributed by atoms with Crippen LogP contribution >= 0.6 is 10.9 Å². The van der Waals surface area contributed by atoms with Gasteiger partial charge in [0.25, 0.3) is 0 Å². The third-order valence-electron chi connectivity index (χ3n) is 4.35. The van der Waals surface area contributed by atoms with Gasteiger partial charge in [0.2, 0.25) is 0 Å². The summed E-state index contributed by atoms with van der Waals surface area (Å²) in [4.78, 5) is 1.59. The molecule has 1 aromatic carbocycles. The molecular formula is C16H24OS. The maximum Gasteiger partial charge on any atom is 0.0543 e. The molecule has 0 aromatic heterocycles. The molecule has 0 spiro atoms. The van der Waals surface area contributed by atoms with E-state index in [1.807, 2.05) is 0 Å². The molecule has 18 heavy (non-hydrogen) atoms. The lowest BCUT2D eigenvalue weighted by molar-refractivity contribution is 0.160. The van der Waals surface area contributed by atoms with Crippen LogP contribution in [-0.4, -0.2) is 24.7 Å². The van der Waals surface area contributed by atoms with Gasteiger partial charge in [-0.05, 0) is 29.2 Å². The fraction of sp³-hybridized carbons (Fsp3) is 0.625. The van der Waals surface area contributed by atoms with Crippen molar-refractivity contribution in [2.75, 3.05) is 24.7 Å². The highest BCUT2D eigenvalue weighted by Gasteiger charge is 2.16. The Balaban J connectivity index is 1.67. The normalized spacial score (nSPS) is 24.1. The van der Waals surface area contributed by atoms with Crippen molar-refractivity contribution in [2.45, 2.75) is 42.9 Å². The highest BCUT2D eigenvalue weighted by molar-refractivity contribution is 8.17. The second kappa shape index (κ2) is 6.12. The summed E-state index contributed by atoms with van der Waals surface area (Å²) >= 11 is 0. The number of thiol groups is 1. The quantitative estimate of drug-likeness (QED) is 0.790. The van der Waals surface area contributed by atoms with Crippen LogP contribution in [-0.2, 0) is 4.74 Å². The molecule has 3 rings (SSSR count). The lowest BCUT2D eigenvalue weighted by Crippen LogP contribution is -2.15. The molecule has 1 aliphatic heterocycles. The van der Waals surface area contributed by atoms with E-state index in [9.17, 15) is 0 Å². The van der Waals surface area contributed by atoms with Gasteiger partial charge >= 0.3 is 0 Å². The van der Waals surface area contributed by atoms with Crippen molar-refractivity contribution in [1.29, 1.82) is 0 Å². The Morgan fingerprint density at radius 2 is 1.56 bits per heavy atom. The van der Waals surface area contributed by atoms with Crippen LogP contribution in [0.15, 0.2) is 29.2 Å². The summed E-state index contributed by atoms with van der Waals surface area (Å²) in [6.07, 6.45) is 7.11. The minimum Gasteiger partial charge on any atom is -0.380 e. The van der Waals surface area contributed by atoms with Crippen LogP contribution in [0, 0.1) is 0 Å². The number of ether oxygens (including phenoxy) is 1. The van der Waals surface area contributed by atoms with Crippen LogP contribution in [0.1, 0.15) is 43.6 Å². The molecule has 0 bridgehead atoms. The molecule has 2 heteroatoms. The summed E-state index contributed by atoms with van der Waals surface area (Å²) in [6, 6.07) is 9.62. The van der Waals surface area contributed by atoms with E-state index in [0.29, 0.717) is 0 Å². The molecule has 0 radical (unpaired) electrons. The van der Waals surface area contributed by atoms with E-state index in [2.05, 4.69) is 24.3 Å². The third-order valence-corrected chi connectivity index (χ3v) is 6.82. The van der Waals surface area contributed by atoms with E-state index in [-0.39, 0.29) is 10.9 Å². The van der Waals surface area contributed by atoms with Crippen molar-refractivity contribution in [3.63, 3.8) is 0 Å². The van der Waals surface area contributed by atoms with Gasteiger partial charge in [0, 0.05) is 11.5 Å². The molecule has 0 atom stereocenters. The van der Waals surface area contributed by atoms with E-state index in [1.165, 1.54) is 43.6 Å². The molecule has 1 heterocycles. The predicted molar refractivity (Wildman–Crippen MR) is 80.1 cm³/mol. The zero-order chi connectivity index (χ0) is 12.2. The Morgan fingerprint density at radius 1 is 0.889 bits per heavy atom. The van der Waals surface area contributed by atoms with Crippen molar-refractivity contribution in [1.82, 2.24) is 0 Å². The maximum atomic E-state index is 5.46. The minimum absolute atomic E-state index is 0.0783. The summed E-state index contributed by atoms with van der Waals surface area (Å²) in [6.45, 7) is 1.94. The fourth-order valence-corrected chi connectivity index (χ4v) is 5.22. The van der Waals surface area contributed by atoms with Crippen LogP contribution in [0.4, 0.5) is 0 Å². The van der Waals surface area contributed by atoms with Crippen LogP contribution < -0.4 is 0 Å². The number of hydrogen-bond donors (Lipinski definition) is 1. The Morgan fingerprint density at radius 3 is 2.22 bits per heavy atom. The van der Waals surface area contributed by atoms with Crippen molar-refractivity contribution in [3.05, 3.63) is 29.8 Å². The average molecular weight is 264 g/mol. The molecule has 0 amide bonds. The Labute approximate surface area is 113 Å². The van der Waals surface area contributed by atoms with Crippen molar-refractivity contribution in [2.24, 2.45) is 0 Å². The number of benzene rings is 1. The van der Waals surface area contributed by atoms with Gasteiger partial charge in [-0.1, -0.05) is 43.5 Å².